The summed E-state index contributed by atoms with van der Waals surface area (Å²) in [6.45, 7) is 6.58. The van der Waals surface area contributed by atoms with Gasteiger partial charge in [0.05, 0.1) is 12.9 Å². The summed E-state index contributed by atoms with van der Waals surface area (Å²) >= 11 is 0. The van der Waals surface area contributed by atoms with E-state index >= 15 is 0 Å². The van der Waals surface area contributed by atoms with Gasteiger partial charge >= 0.3 is 0 Å². The van der Waals surface area contributed by atoms with Gasteiger partial charge in [-0.2, -0.15) is 0 Å². The normalized spacial score (nSPS) is 10.2. The zero-order chi connectivity index (χ0) is 9.52. The molecular weight excluding hydrogens is 160 g/mol. The molecule has 0 saturated heterocycles. The highest BCUT2D eigenvalue weighted by molar-refractivity contribution is 5.71. The fraction of sp³-hybridized carbons (Fsp3) is 0.167. The van der Waals surface area contributed by atoms with Gasteiger partial charge in [-0.25, -0.2) is 0 Å². The molecule has 1 nitrogen and oxygen atoms in total. The van der Waals surface area contributed by atoms with E-state index in [9.17, 15) is 0 Å². The van der Waals surface area contributed by atoms with Crippen molar-refractivity contribution in [3.05, 3.63) is 54.8 Å². The zero-order valence-corrected chi connectivity index (χ0v) is 7.86. The van der Waals surface area contributed by atoms with E-state index in [0.29, 0.717) is 6.61 Å². The van der Waals surface area contributed by atoms with Crippen LogP contribution in [0.3, 0.4) is 0 Å². The van der Waals surface area contributed by atoms with E-state index in [1.807, 2.05) is 43.3 Å². The first-order valence-electron chi connectivity index (χ1n) is 4.37. The van der Waals surface area contributed by atoms with Gasteiger partial charge in [0, 0.05) is 0 Å². The SMILES string of the molecule is C=C(/C=C/OCC)c1ccccc1. The number of hydrogen-bond donors (Lipinski definition) is 0. The average Bonchev–Trinajstić information content (AvgIpc) is 2.19. The quantitative estimate of drug-likeness (QED) is 0.503. The summed E-state index contributed by atoms with van der Waals surface area (Å²) in [7, 11) is 0. The topological polar surface area (TPSA) is 9.23 Å². The van der Waals surface area contributed by atoms with Gasteiger partial charge in [0.25, 0.3) is 0 Å². The Morgan fingerprint density at radius 3 is 2.69 bits per heavy atom. The van der Waals surface area contributed by atoms with Gasteiger partial charge in [0.1, 0.15) is 0 Å². The maximum absolute atomic E-state index is 5.08. The van der Waals surface area contributed by atoms with Crippen LogP contribution in [0.1, 0.15) is 12.5 Å². The molecule has 0 fully saturated rings. The number of hydrogen-bond acceptors (Lipinski definition) is 1. The number of rotatable bonds is 4. The van der Waals surface area contributed by atoms with Crippen LogP contribution in [0.25, 0.3) is 5.57 Å². The largest absolute Gasteiger partial charge is 0.501 e. The van der Waals surface area contributed by atoms with Crippen LogP contribution in [0.5, 0.6) is 0 Å². The van der Waals surface area contributed by atoms with Crippen molar-refractivity contribution in [1.82, 2.24) is 0 Å². The van der Waals surface area contributed by atoms with Gasteiger partial charge < -0.3 is 4.74 Å². The fourth-order valence-corrected chi connectivity index (χ4v) is 0.975. The van der Waals surface area contributed by atoms with E-state index in [4.69, 9.17) is 4.74 Å². The summed E-state index contributed by atoms with van der Waals surface area (Å²) in [5.41, 5.74) is 2.09. The van der Waals surface area contributed by atoms with Gasteiger partial charge in [0.15, 0.2) is 0 Å². The third-order valence-corrected chi connectivity index (χ3v) is 1.68. The molecular formula is C12H14O. The number of ether oxygens (including phenoxy) is 1. The van der Waals surface area contributed by atoms with Crippen molar-refractivity contribution in [3.63, 3.8) is 0 Å². The third-order valence-electron chi connectivity index (χ3n) is 1.68. The monoisotopic (exact) mass is 174 g/mol. The Morgan fingerprint density at radius 1 is 1.38 bits per heavy atom. The van der Waals surface area contributed by atoms with E-state index in [2.05, 4.69) is 6.58 Å². The predicted molar refractivity (Wildman–Crippen MR) is 56.2 cm³/mol. The van der Waals surface area contributed by atoms with Crippen molar-refractivity contribution in [1.29, 1.82) is 0 Å². The van der Waals surface area contributed by atoms with E-state index in [-0.39, 0.29) is 0 Å². The molecule has 1 rings (SSSR count). The summed E-state index contributed by atoms with van der Waals surface area (Å²) in [5.74, 6) is 0. The second kappa shape index (κ2) is 5.20. The van der Waals surface area contributed by atoms with Gasteiger partial charge in [-0.3, -0.25) is 0 Å². The van der Waals surface area contributed by atoms with Crippen LogP contribution in [0.2, 0.25) is 0 Å². The molecule has 0 heterocycles. The van der Waals surface area contributed by atoms with Crippen molar-refractivity contribution in [2.75, 3.05) is 6.61 Å². The lowest BCUT2D eigenvalue weighted by Crippen LogP contribution is -1.80. The summed E-state index contributed by atoms with van der Waals surface area (Å²) in [6.07, 6.45) is 3.55. The Morgan fingerprint density at radius 2 is 2.08 bits per heavy atom. The van der Waals surface area contributed by atoms with Gasteiger partial charge in [-0.1, -0.05) is 36.9 Å². The van der Waals surface area contributed by atoms with Crippen LogP contribution in [-0.2, 0) is 4.74 Å². The molecule has 0 saturated carbocycles. The maximum Gasteiger partial charge on any atom is 0.0845 e. The van der Waals surface area contributed by atoms with Crippen LogP contribution in [0, 0.1) is 0 Å². The van der Waals surface area contributed by atoms with Gasteiger partial charge in [-0.15, -0.1) is 0 Å². The summed E-state index contributed by atoms with van der Waals surface area (Å²) in [5, 5.41) is 0. The molecule has 1 aromatic carbocycles. The fourth-order valence-electron chi connectivity index (χ4n) is 0.975. The van der Waals surface area contributed by atoms with E-state index in [1.54, 1.807) is 6.26 Å². The summed E-state index contributed by atoms with van der Waals surface area (Å²) in [6, 6.07) is 10.0. The van der Waals surface area contributed by atoms with E-state index in [0.717, 1.165) is 11.1 Å². The third kappa shape index (κ3) is 3.16. The molecule has 1 heteroatoms. The van der Waals surface area contributed by atoms with Crippen molar-refractivity contribution >= 4 is 5.57 Å². The van der Waals surface area contributed by atoms with Crippen LogP contribution < -0.4 is 0 Å². The van der Waals surface area contributed by atoms with Gasteiger partial charge in [-0.05, 0) is 24.1 Å². The predicted octanol–water partition coefficient (Wildman–Crippen LogP) is 3.25. The molecule has 0 aliphatic heterocycles. The second-order valence-corrected chi connectivity index (χ2v) is 2.65. The lowest BCUT2D eigenvalue weighted by atomic mass is 10.1. The van der Waals surface area contributed by atoms with Gasteiger partial charge in [0.2, 0.25) is 0 Å². The van der Waals surface area contributed by atoms with Crippen LogP contribution in [0.15, 0.2) is 49.2 Å². The molecule has 1 aromatic rings. The minimum absolute atomic E-state index is 0.693. The smallest absolute Gasteiger partial charge is 0.0845 e. The molecule has 0 aliphatic rings. The molecule has 0 atom stereocenters. The van der Waals surface area contributed by atoms with Crippen LogP contribution >= 0.6 is 0 Å². The van der Waals surface area contributed by atoms with Crippen LogP contribution in [-0.4, -0.2) is 6.61 Å². The van der Waals surface area contributed by atoms with Crippen molar-refractivity contribution in [2.24, 2.45) is 0 Å². The number of allylic oxidation sites excluding steroid dienone is 2. The Bertz CT molecular complexity index is 285. The lowest BCUT2D eigenvalue weighted by Gasteiger charge is -1.99. The second-order valence-electron chi connectivity index (χ2n) is 2.65. The molecule has 0 amide bonds. The van der Waals surface area contributed by atoms with Crippen molar-refractivity contribution < 1.29 is 4.74 Å². The molecule has 0 spiro atoms. The Kier molecular flexibility index (Phi) is 3.83. The minimum atomic E-state index is 0.693. The summed E-state index contributed by atoms with van der Waals surface area (Å²) in [4.78, 5) is 0. The highest BCUT2D eigenvalue weighted by Crippen LogP contribution is 2.12. The van der Waals surface area contributed by atoms with Crippen molar-refractivity contribution in [2.45, 2.75) is 6.92 Å². The minimum Gasteiger partial charge on any atom is -0.501 e. The standard InChI is InChI=1S/C12H14O/c1-3-13-10-9-11(2)12-7-5-4-6-8-12/h4-10H,2-3H2,1H3/b10-9+. The van der Waals surface area contributed by atoms with Crippen molar-refractivity contribution in [3.8, 4) is 0 Å². The molecule has 0 aliphatic carbocycles. The molecule has 0 bridgehead atoms. The number of benzene rings is 1. The van der Waals surface area contributed by atoms with Crippen LogP contribution in [0.4, 0.5) is 0 Å². The Balaban J connectivity index is 2.59. The lowest BCUT2D eigenvalue weighted by molar-refractivity contribution is 0.269. The molecule has 0 aromatic heterocycles. The molecule has 0 radical (unpaired) electrons. The maximum atomic E-state index is 5.08. The molecule has 0 N–H and O–H groups in total. The highest BCUT2D eigenvalue weighted by atomic mass is 16.5. The first-order chi connectivity index (χ1) is 6.34. The zero-order valence-electron chi connectivity index (χ0n) is 7.86. The summed E-state index contributed by atoms with van der Waals surface area (Å²) < 4.78 is 5.08. The molecule has 13 heavy (non-hydrogen) atoms. The first kappa shape index (κ1) is 9.59. The molecule has 68 valence electrons. The van der Waals surface area contributed by atoms with E-state index < -0.39 is 0 Å². The van der Waals surface area contributed by atoms with E-state index in [1.165, 1.54) is 0 Å². The first-order valence-corrected chi connectivity index (χ1v) is 4.37. The highest BCUT2D eigenvalue weighted by Gasteiger charge is 1.91. The molecule has 0 unspecified atom stereocenters. The average molecular weight is 174 g/mol. The Labute approximate surface area is 79.4 Å². The Hall–Kier alpha value is -1.50.